The summed E-state index contributed by atoms with van der Waals surface area (Å²) in [7, 11) is 0. The zero-order chi connectivity index (χ0) is 8.27. The molecule has 0 unspecified atom stereocenters. The minimum absolute atomic E-state index is 0.734. The van der Waals surface area contributed by atoms with Crippen LogP contribution in [0, 0.1) is 0 Å². The van der Waals surface area contributed by atoms with Crippen molar-refractivity contribution in [1.29, 1.82) is 0 Å². The summed E-state index contributed by atoms with van der Waals surface area (Å²) in [5.41, 5.74) is 1.54. The van der Waals surface area contributed by atoms with E-state index in [1.54, 1.807) is 6.20 Å². The Balaban J connectivity index is 2.99. The number of aromatic nitrogens is 1. The van der Waals surface area contributed by atoms with Crippen LogP contribution in [0.25, 0.3) is 0 Å². The molecule has 3 nitrogen and oxygen atoms in total. The highest BCUT2D eigenvalue weighted by Gasteiger charge is 1.96. The Kier molecular flexibility index (Phi) is 2.59. The van der Waals surface area contributed by atoms with Gasteiger partial charge in [-0.3, -0.25) is 4.98 Å². The van der Waals surface area contributed by atoms with Gasteiger partial charge in [-0.05, 0) is 35.0 Å². The van der Waals surface area contributed by atoms with Crippen molar-refractivity contribution in [3.05, 3.63) is 28.5 Å². The van der Waals surface area contributed by atoms with Crippen LogP contribution in [0.2, 0.25) is 0 Å². The topological polar surface area (TPSA) is 51.3 Å². The summed E-state index contributed by atoms with van der Waals surface area (Å²) in [6, 6.07) is 3.76. The predicted octanol–water partition coefficient (Wildman–Crippen LogP) is 1.53. The Morgan fingerprint density at radius 2 is 2.36 bits per heavy atom. The average Bonchev–Trinajstić information content (AvgIpc) is 2.05. The van der Waals surface area contributed by atoms with Gasteiger partial charge in [-0.15, -0.1) is 0 Å². The second kappa shape index (κ2) is 3.48. The maximum atomic E-state index is 5.08. The van der Waals surface area contributed by atoms with Gasteiger partial charge in [0.15, 0.2) is 0 Å². The molecule has 0 aromatic carbocycles. The molecule has 0 atom stereocenters. The van der Waals surface area contributed by atoms with E-state index in [9.17, 15) is 0 Å². The Morgan fingerprint density at radius 1 is 1.64 bits per heavy atom. The number of hydrazone groups is 1. The third-order valence-corrected chi connectivity index (χ3v) is 1.76. The molecular formula is C7H8BrN3. The van der Waals surface area contributed by atoms with Crippen molar-refractivity contribution in [2.45, 2.75) is 6.92 Å². The fourth-order valence-corrected chi connectivity index (χ4v) is 0.891. The van der Waals surface area contributed by atoms with Crippen LogP contribution in [0.3, 0.4) is 0 Å². The standard InChI is InChI=1S/C7H8BrN3/c1-5(11-9)7-3-2-6(8)4-10-7/h2-4H,9H2,1H3/b11-5-. The van der Waals surface area contributed by atoms with Crippen molar-refractivity contribution in [2.24, 2.45) is 10.9 Å². The Hall–Kier alpha value is -0.900. The van der Waals surface area contributed by atoms with Gasteiger partial charge in [0.25, 0.3) is 0 Å². The number of rotatable bonds is 1. The maximum Gasteiger partial charge on any atom is 0.0860 e. The minimum atomic E-state index is 0.734. The van der Waals surface area contributed by atoms with Crippen molar-refractivity contribution < 1.29 is 0 Å². The number of nitrogens with zero attached hydrogens (tertiary/aromatic N) is 2. The first kappa shape index (κ1) is 8.20. The van der Waals surface area contributed by atoms with Gasteiger partial charge in [0.2, 0.25) is 0 Å². The van der Waals surface area contributed by atoms with E-state index in [2.05, 4.69) is 26.0 Å². The van der Waals surface area contributed by atoms with Crippen molar-refractivity contribution in [3.63, 3.8) is 0 Å². The van der Waals surface area contributed by atoms with E-state index in [0.29, 0.717) is 0 Å². The van der Waals surface area contributed by atoms with Crippen LogP contribution in [0.5, 0.6) is 0 Å². The molecule has 0 aliphatic carbocycles. The van der Waals surface area contributed by atoms with Gasteiger partial charge in [-0.2, -0.15) is 5.10 Å². The molecule has 0 aliphatic rings. The lowest BCUT2D eigenvalue weighted by Crippen LogP contribution is -2.00. The largest absolute Gasteiger partial charge is 0.323 e. The highest BCUT2D eigenvalue weighted by Crippen LogP contribution is 2.07. The monoisotopic (exact) mass is 213 g/mol. The van der Waals surface area contributed by atoms with E-state index in [0.717, 1.165) is 15.9 Å². The van der Waals surface area contributed by atoms with Gasteiger partial charge in [-0.1, -0.05) is 0 Å². The molecule has 2 N–H and O–H groups in total. The SMILES string of the molecule is C/C(=N/N)c1ccc(Br)cn1. The molecule has 1 rings (SSSR count). The zero-order valence-electron chi connectivity index (χ0n) is 6.08. The predicted molar refractivity (Wildman–Crippen MR) is 48.3 cm³/mol. The molecule has 11 heavy (non-hydrogen) atoms. The van der Waals surface area contributed by atoms with Crippen molar-refractivity contribution in [1.82, 2.24) is 4.98 Å². The summed E-state index contributed by atoms with van der Waals surface area (Å²) in [6.45, 7) is 1.82. The lowest BCUT2D eigenvalue weighted by molar-refractivity contribution is 1.20. The molecule has 1 heterocycles. The maximum absolute atomic E-state index is 5.08. The van der Waals surface area contributed by atoms with Crippen LogP contribution in [0.15, 0.2) is 27.9 Å². The van der Waals surface area contributed by atoms with Gasteiger partial charge in [-0.25, -0.2) is 0 Å². The fourth-order valence-electron chi connectivity index (χ4n) is 0.656. The lowest BCUT2D eigenvalue weighted by atomic mass is 10.3. The third-order valence-electron chi connectivity index (χ3n) is 1.29. The molecule has 1 aromatic heterocycles. The Morgan fingerprint density at radius 3 is 2.82 bits per heavy atom. The number of hydrogen-bond donors (Lipinski definition) is 1. The number of hydrogen-bond acceptors (Lipinski definition) is 3. The average molecular weight is 214 g/mol. The van der Waals surface area contributed by atoms with E-state index >= 15 is 0 Å². The molecule has 0 spiro atoms. The van der Waals surface area contributed by atoms with Gasteiger partial charge in [0.1, 0.15) is 0 Å². The van der Waals surface area contributed by atoms with E-state index in [4.69, 9.17) is 5.84 Å². The Bertz CT molecular complexity index is 266. The van der Waals surface area contributed by atoms with Crippen molar-refractivity contribution in [3.8, 4) is 0 Å². The molecule has 0 aliphatic heterocycles. The Labute approximate surface area is 73.5 Å². The second-order valence-corrected chi connectivity index (χ2v) is 2.99. The van der Waals surface area contributed by atoms with Gasteiger partial charge >= 0.3 is 0 Å². The number of halogens is 1. The first-order valence-corrected chi connectivity index (χ1v) is 3.89. The van der Waals surface area contributed by atoms with Crippen LogP contribution in [0.1, 0.15) is 12.6 Å². The van der Waals surface area contributed by atoms with Crippen LogP contribution >= 0.6 is 15.9 Å². The second-order valence-electron chi connectivity index (χ2n) is 2.08. The van der Waals surface area contributed by atoms with Crippen LogP contribution in [-0.2, 0) is 0 Å². The normalized spacial score (nSPS) is 11.6. The first-order chi connectivity index (χ1) is 5.24. The summed E-state index contributed by atoms with van der Waals surface area (Å²) in [6.07, 6.45) is 1.71. The number of pyridine rings is 1. The van der Waals surface area contributed by atoms with E-state index in [1.165, 1.54) is 0 Å². The summed E-state index contributed by atoms with van der Waals surface area (Å²) < 4.78 is 0.950. The van der Waals surface area contributed by atoms with Crippen molar-refractivity contribution >= 4 is 21.6 Å². The zero-order valence-corrected chi connectivity index (χ0v) is 7.67. The number of nitrogens with two attached hydrogens (primary N) is 1. The van der Waals surface area contributed by atoms with E-state index < -0.39 is 0 Å². The molecule has 0 radical (unpaired) electrons. The summed E-state index contributed by atoms with van der Waals surface area (Å²) >= 11 is 3.28. The molecule has 0 saturated carbocycles. The third kappa shape index (κ3) is 2.01. The van der Waals surface area contributed by atoms with Crippen LogP contribution in [0.4, 0.5) is 0 Å². The van der Waals surface area contributed by atoms with E-state index in [-0.39, 0.29) is 0 Å². The minimum Gasteiger partial charge on any atom is -0.323 e. The molecule has 1 aromatic rings. The smallest absolute Gasteiger partial charge is 0.0860 e. The summed E-state index contributed by atoms with van der Waals surface area (Å²) in [4.78, 5) is 4.09. The van der Waals surface area contributed by atoms with E-state index in [1.807, 2.05) is 19.1 Å². The van der Waals surface area contributed by atoms with Crippen LogP contribution < -0.4 is 5.84 Å². The molecule has 4 heteroatoms. The highest BCUT2D eigenvalue weighted by molar-refractivity contribution is 9.10. The van der Waals surface area contributed by atoms with Crippen LogP contribution in [-0.4, -0.2) is 10.7 Å². The van der Waals surface area contributed by atoms with Crippen molar-refractivity contribution in [2.75, 3.05) is 0 Å². The molecule has 0 saturated heterocycles. The van der Waals surface area contributed by atoms with Gasteiger partial charge in [0, 0.05) is 10.7 Å². The quantitative estimate of drug-likeness (QED) is 0.437. The molecule has 58 valence electrons. The first-order valence-electron chi connectivity index (χ1n) is 3.10. The molecule has 0 bridgehead atoms. The fraction of sp³-hybridized carbons (Fsp3) is 0.143. The van der Waals surface area contributed by atoms with Gasteiger partial charge < -0.3 is 5.84 Å². The summed E-state index contributed by atoms with van der Waals surface area (Å²) in [5, 5.41) is 3.53. The molecule has 0 amide bonds. The molecular weight excluding hydrogens is 206 g/mol. The molecule has 0 fully saturated rings. The summed E-state index contributed by atoms with van der Waals surface area (Å²) in [5.74, 6) is 5.08. The highest BCUT2D eigenvalue weighted by atomic mass is 79.9. The lowest BCUT2D eigenvalue weighted by Gasteiger charge is -1.96. The van der Waals surface area contributed by atoms with Gasteiger partial charge in [0.05, 0.1) is 11.4 Å².